The van der Waals surface area contributed by atoms with Gasteiger partial charge in [0.2, 0.25) is 0 Å². The van der Waals surface area contributed by atoms with Crippen LogP contribution >= 0.6 is 0 Å². The van der Waals surface area contributed by atoms with E-state index < -0.39 is 29.9 Å². The van der Waals surface area contributed by atoms with Crippen LogP contribution in [0.4, 0.5) is 13.6 Å². The average molecular weight is 471 g/mol. The Morgan fingerprint density at radius 2 is 1.94 bits per heavy atom. The molecule has 1 atom stereocenters. The molecule has 0 aliphatic heterocycles. The zero-order chi connectivity index (χ0) is 24.3. The minimum absolute atomic E-state index is 0.00113. The Bertz CT molecular complexity index is 1120. The molecule has 1 heterocycles. The highest BCUT2D eigenvalue weighted by atomic mass is 19.1. The van der Waals surface area contributed by atoms with Gasteiger partial charge in [0.1, 0.15) is 43.6 Å². The van der Waals surface area contributed by atoms with Gasteiger partial charge in [-0.1, -0.05) is 36.9 Å². The van der Waals surface area contributed by atoms with Crippen molar-refractivity contribution in [1.82, 2.24) is 14.8 Å². The molecule has 0 radical (unpaired) electrons. The van der Waals surface area contributed by atoms with Crippen molar-refractivity contribution in [1.29, 1.82) is 0 Å². The summed E-state index contributed by atoms with van der Waals surface area (Å²) >= 11 is 0. The van der Waals surface area contributed by atoms with Crippen LogP contribution in [0, 0.1) is 11.6 Å². The van der Waals surface area contributed by atoms with Gasteiger partial charge in [0.05, 0.1) is 12.1 Å². The summed E-state index contributed by atoms with van der Waals surface area (Å²) in [5, 5.41) is 4.02. The van der Waals surface area contributed by atoms with Gasteiger partial charge in [-0.3, -0.25) is 0 Å². The van der Waals surface area contributed by atoms with Gasteiger partial charge in [0, 0.05) is 11.6 Å². The topological polar surface area (TPSA) is 92.5 Å². The number of hydrogen-bond acceptors (Lipinski definition) is 7. The highest BCUT2D eigenvalue weighted by molar-refractivity contribution is 5.91. The van der Waals surface area contributed by atoms with Crippen LogP contribution in [-0.2, 0) is 33.8 Å². The van der Waals surface area contributed by atoms with Gasteiger partial charge < -0.3 is 14.2 Å². The Morgan fingerprint density at radius 1 is 1.12 bits per heavy atom. The molecule has 8 nitrogen and oxygen atoms in total. The number of aryl methyl sites for hydroxylation is 1. The van der Waals surface area contributed by atoms with Crippen LogP contribution in [0.25, 0.3) is 0 Å². The highest BCUT2D eigenvalue weighted by Gasteiger charge is 2.21. The van der Waals surface area contributed by atoms with Crippen LogP contribution in [0.1, 0.15) is 27.9 Å². The molecule has 0 N–H and O–H groups in total. The molecule has 1 aromatic heterocycles. The fourth-order valence-corrected chi connectivity index (χ4v) is 3.13. The monoisotopic (exact) mass is 471 g/mol. The lowest BCUT2D eigenvalue weighted by atomic mass is 10.1. The molecule has 34 heavy (non-hydrogen) atoms. The van der Waals surface area contributed by atoms with Crippen LogP contribution < -0.4 is 0 Å². The van der Waals surface area contributed by atoms with Crippen molar-refractivity contribution >= 4 is 12.1 Å². The fraction of sp³-hybridized carbons (Fsp3) is 0.250. The summed E-state index contributed by atoms with van der Waals surface area (Å²) in [6, 6.07) is 9.85. The first-order valence-corrected chi connectivity index (χ1v) is 10.4. The molecule has 10 heteroatoms. The number of esters is 1. The summed E-state index contributed by atoms with van der Waals surface area (Å²) < 4.78 is 44.2. The molecule has 0 aliphatic carbocycles. The zero-order valence-electron chi connectivity index (χ0n) is 18.2. The third kappa shape index (κ3) is 7.22. The van der Waals surface area contributed by atoms with Crippen LogP contribution in [-0.4, -0.2) is 39.6 Å². The Morgan fingerprint density at radius 3 is 2.68 bits per heavy atom. The molecule has 0 amide bonds. The summed E-state index contributed by atoms with van der Waals surface area (Å²) in [6.45, 7) is 3.43. The summed E-state index contributed by atoms with van der Waals surface area (Å²) in [5.74, 6) is -1.99. The third-order valence-electron chi connectivity index (χ3n) is 4.78. The third-order valence-corrected chi connectivity index (χ3v) is 4.78. The summed E-state index contributed by atoms with van der Waals surface area (Å²) in [5.41, 5.74) is 0.926. The van der Waals surface area contributed by atoms with Crippen molar-refractivity contribution in [3.63, 3.8) is 0 Å². The van der Waals surface area contributed by atoms with E-state index in [0.29, 0.717) is 11.1 Å². The first-order valence-electron chi connectivity index (χ1n) is 10.4. The van der Waals surface area contributed by atoms with Gasteiger partial charge in [-0.15, -0.1) is 0 Å². The van der Waals surface area contributed by atoms with Crippen LogP contribution in [0.3, 0.4) is 0 Å². The Balaban J connectivity index is 1.69. The second kappa shape index (κ2) is 12.2. The lowest BCUT2D eigenvalue weighted by Crippen LogP contribution is -2.25. The van der Waals surface area contributed by atoms with Gasteiger partial charge in [-0.2, -0.15) is 5.10 Å². The molecule has 0 saturated heterocycles. The molecule has 0 saturated carbocycles. The van der Waals surface area contributed by atoms with E-state index in [2.05, 4.69) is 16.7 Å². The van der Waals surface area contributed by atoms with E-state index in [0.717, 1.165) is 6.07 Å². The summed E-state index contributed by atoms with van der Waals surface area (Å²) in [4.78, 5) is 28.4. The van der Waals surface area contributed by atoms with Crippen LogP contribution in [0.2, 0.25) is 0 Å². The van der Waals surface area contributed by atoms with Crippen molar-refractivity contribution < 1.29 is 32.6 Å². The lowest BCUT2D eigenvalue weighted by Gasteiger charge is -2.19. The summed E-state index contributed by atoms with van der Waals surface area (Å²) in [6.07, 6.45) is 3.09. The second-order valence-corrected chi connectivity index (χ2v) is 7.21. The van der Waals surface area contributed by atoms with Crippen molar-refractivity contribution in [2.75, 3.05) is 6.61 Å². The van der Waals surface area contributed by atoms with Crippen molar-refractivity contribution in [3.05, 3.63) is 96.1 Å². The SMILES string of the molecule is C=CCOC(=O)OCc1ccccc1C(=O)OC(CCc1ccc(F)cc1F)Cn1cncn1. The van der Waals surface area contributed by atoms with E-state index in [9.17, 15) is 18.4 Å². The zero-order valence-corrected chi connectivity index (χ0v) is 18.2. The van der Waals surface area contributed by atoms with Gasteiger partial charge in [0.15, 0.2) is 0 Å². The number of rotatable bonds is 11. The molecule has 3 rings (SSSR count). The molecule has 1 unspecified atom stereocenters. The molecule has 3 aromatic rings. The first-order chi connectivity index (χ1) is 16.5. The molecule has 0 bridgehead atoms. The summed E-state index contributed by atoms with van der Waals surface area (Å²) in [7, 11) is 0. The number of hydrogen-bond donors (Lipinski definition) is 0. The number of carbonyl (C=O) groups excluding carboxylic acids is 2. The predicted molar refractivity (Wildman–Crippen MR) is 117 cm³/mol. The second-order valence-electron chi connectivity index (χ2n) is 7.21. The molecule has 178 valence electrons. The van der Waals surface area contributed by atoms with E-state index in [4.69, 9.17) is 14.2 Å². The van der Waals surface area contributed by atoms with E-state index in [1.165, 1.54) is 35.5 Å². The Hall–Kier alpha value is -4.08. The van der Waals surface area contributed by atoms with Gasteiger partial charge >= 0.3 is 12.1 Å². The standard InChI is InChI=1S/C24H23F2N3O5/c1-2-11-32-24(31)33-14-18-5-3-4-6-21(18)23(30)34-20(13-29-16-27-15-28-29)10-8-17-7-9-19(25)12-22(17)26/h2-7,9,12,15-16,20H,1,8,10-11,13-14H2. The number of nitrogens with zero attached hydrogens (tertiary/aromatic N) is 3. The number of ether oxygens (including phenoxy) is 3. The normalized spacial score (nSPS) is 11.5. The van der Waals surface area contributed by atoms with Crippen LogP contribution in [0.5, 0.6) is 0 Å². The minimum atomic E-state index is -0.895. The average Bonchev–Trinajstić information content (AvgIpc) is 3.34. The van der Waals surface area contributed by atoms with Crippen LogP contribution in [0.15, 0.2) is 67.8 Å². The molecular weight excluding hydrogens is 448 g/mol. The minimum Gasteiger partial charge on any atom is -0.457 e. The number of benzene rings is 2. The molecule has 0 spiro atoms. The van der Waals surface area contributed by atoms with E-state index in [1.807, 2.05) is 0 Å². The maximum absolute atomic E-state index is 14.1. The largest absolute Gasteiger partial charge is 0.508 e. The lowest BCUT2D eigenvalue weighted by molar-refractivity contribution is 0.0222. The fourth-order valence-electron chi connectivity index (χ4n) is 3.13. The first kappa shape index (κ1) is 24.6. The molecular formula is C24H23F2N3O5. The molecule has 0 aliphatic rings. The molecule has 2 aromatic carbocycles. The van der Waals surface area contributed by atoms with E-state index in [-0.39, 0.29) is 38.2 Å². The number of aromatic nitrogens is 3. The smallest absolute Gasteiger partial charge is 0.457 e. The highest BCUT2D eigenvalue weighted by Crippen LogP contribution is 2.18. The molecule has 0 fully saturated rings. The van der Waals surface area contributed by atoms with Crippen molar-refractivity contribution in [2.24, 2.45) is 0 Å². The maximum Gasteiger partial charge on any atom is 0.508 e. The maximum atomic E-state index is 14.1. The van der Waals surface area contributed by atoms with Gasteiger partial charge in [-0.25, -0.2) is 28.0 Å². The van der Waals surface area contributed by atoms with Gasteiger partial charge in [0.25, 0.3) is 0 Å². The number of carbonyl (C=O) groups is 2. The Kier molecular flexibility index (Phi) is 8.84. The van der Waals surface area contributed by atoms with E-state index >= 15 is 0 Å². The predicted octanol–water partition coefficient (Wildman–Crippen LogP) is 4.25. The number of halogens is 2. The van der Waals surface area contributed by atoms with E-state index in [1.54, 1.807) is 24.3 Å². The quantitative estimate of drug-likeness (QED) is 0.305. The van der Waals surface area contributed by atoms with Crippen molar-refractivity contribution in [3.8, 4) is 0 Å². The van der Waals surface area contributed by atoms with Gasteiger partial charge in [-0.05, 0) is 30.5 Å². The Labute approximate surface area is 194 Å². The van der Waals surface area contributed by atoms with Crippen molar-refractivity contribution in [2.45, 2.75) is 32.1 Å².